The van der Waals surface area contributed by atoms with Gasteiger partial charge in [0, 0.05) is 11.3 Å². The monoisotopic (exact) mass is 371 g/mol. The molecule has 0 saturated heterocycles. The Hall–Kier alpha value is -1.91. The lowest BCUT2D eigenvalue weighted by molar-refractivity contribution is -0.174. The van der Waals surface area contributed by atoms with Crippen molar-refractivity contribution in [3.63, 3.8) is 0 Å². The first-order valence-corrected chi connectivity index (χ1v) is 10.2. The third-order valence-electron chi connectivity index (χ3n) is 7.16. The van der Waals surface area contributed by atoms with E-state index in [0.717, 1.165) is 19.3 Å². The highest BCUT2D eigenvalue weighted by molar-refractivity contribution is 6.05. The van der Waals surface area contributed by atoms with Gasteiger partial charge in [-0.2, -0.15) is 0 Å². The van der Waals surface area contributed by atoms with Crippen LogP contribution in [0.3, 0.4) is 0 Å². The summed E-state index contributed by atoms with van der Waals surface area (Å²) in [5.41, 5.74) is 1.89. The van der Waals surface area contributed by atoms with Crippen LogP contribution in [-0.4, -0.2) is 28.6 Å². The Labute approximate surface area is 160 Å². The van der Waals surface area contributed by atoms with Gasteiger partial charge in [0.2, 0.25) is 5.78 Å². The van der Waals surface area contributed by atoms with Gasteiger partial charge in [-0.05, 0) is 89.5 Å². The maximum Gasteiger partial charge on any atom is 0.312 e. The van der Waals surface area contributed by atoms with E-state index >= 15 is 0 Å². The minimum atomic E-state index is -0.845. The van der Waals surface area contributed by atoms with Gasteiger partial charge in [0.1, 0.15) is 0 Å². The van der Waals surface area contributed by atoms with Crippen LogP contribution in [0, 0.1) is 37.0 Å². The maximum atomic E-state index is 13.1. The fourth-order valence-electron chi connectivity index (χ4n) is 6.43. The molecule has 4 bridgehead atoms. The molecule has 5 nitrogen and oxygen atoms in total. The molecule has 0 amide bonds. The lowest BCUT2D eigenvalue weighted by Crippen LogP contribution is -2.51. The van der Waals surface area contributed by atoms with Crippen LogP contribution in [-0.2, 0) is 9.53 Å². The van der Waals surface area contributed by atoms with Crippen molar-refractivity contribution in [1.82, 2.24) is 4.98 Å². The van der Waals surface area contributed by atoms with Crippen molar-refractivity contribution >= 4 is 17.5 Å². The second-order valence-corrected chi connectivity index (χ2v) is 9.29. The number of rotatable bonds is 5. The SMILES string of the molecule is CC(=O)c1c(C)[nH]c(C(=O)[C@@H](C)OC(=O)C23CC4CC(CC(C4)C2)C3)c1C. The van der Waals surface area contributed by atoms with E-state index < -0.39 is 6.10 Å². The molecule has 0 spiro atoms. The average Bonchev–Trinajstić information content (AvgIpc) is 2.87. The summed E-state index contributed by atoms with van der Waals surface area (Å²) in [5.74, 6) is 1.44. The summed E-state index contributed by atoms with van der Waals surface area (Å²) in [4.78, 5) is 40.8. The minimum absolute atomic E-state index is 0.0708. The van der Waals surface area contributed by atoms with Gasteiger partial charge in [0.15, 0.2) is 11.9 Å². The molecule has 4 saturated carbocycles. The molecule has 0 unspecified atom stereocenters. The first-order valence-electron chi connectivity index (χ1n) is 10.2. The number of ketones is 2. The van der Waals surface area contributed by atoms with E-state index in [0.29, 0.717) is 40.3 Å². The van der Waals surface area contributed by atoms with E-state index in [1.165, 1.54) is 26.2 Å². The van der Waals surface area contributed by atoms with Gasteiger partial charge < -0.3 is 9.72 Å². The first kappa shape index (κ1) is 18.5. The standard InChI is InChI=1S/C22H29NO4/c1-11-18(13(3)24)12(2)23-19(11)20(25)14(4)27-21(26)22-8-15-5-16(9-22)7-17(6-15)10-22/h14-17,23H,5-10H2,1-4H3/t14-,15?,16?,17?,22?/m1/s1. The molecule has 4 aliphatic rings. The Morgan fingerprint density at radius 1 is 1.04 bits per heavy atom. The quantitative estimate of drug-likeness (QED) is 0.623. The van der Waals surface area contributed by atoms with Crippen LogP contribution < -0.4 is 0 Å². The van der Waals surface area contributed by atoms with Crippen molar-refractivity contribution in [2.75, 3.05) is 0 Å². The molecule has 146 valence electrons. The van der Waals surface area contributed by atoms with Crippen LogP contribution in [0.1, 0.15) is 84.5 Å². The number of hydrogen-bond acceptors (Lipinski definition) is 4. The van der Waals surface area contributed by atoms with Crippen molar-refractivity contribution in [1.29, 1.82) is 0 Å². The predicted octanol–water partition coefficient (Wildman–Crippen LogP) is 4.16. The van der Waals surface area contributed by atoms with Gasteiger partial charge in [-0.15, -0.1) is 0 Å². The largest absolute Gasteiger partial charge is 0.454 e. The lowest BCUT2D eigenvalue weighted by Gasteiger charge is -2.55. The first-order chi connectivity index (χ1) is 12.7. The predicted molar refractivity (Wildman–Crippen MR) is 101 cm³/mol. The number of ether oxygens (including phenoxy) is 1. The molecule has 27 heavy (non-hydrogen) atoms. The molecular formula is C22H29NO4. The van der Waals surface area contributed by atoms with E-state index in [-0.39, 0.29) is 23.0 Å². The topological polar surface area (TPSA) is 76.2 Å². The van der Waals surface area contributed by atoms with Crippen LogP contribution in [0.2, 0.25) is 0 Å². The highest BCUT2D eigenvalue weighted by Gasteiger charge is 2.55. The molecule has 1 aromatic rings. The summed E-state index contributed by atoms with van der Waals surface area (Å²) in [5, 5.41) is 0. The molecular weight excluding hydrogens is 342 g/mol. The van der Waals surface area contributed by atoms with E-state index in [1.54, 1.807) is 20.8 Å². The molecule has 0 radical (unpaired) electrons. The summed E-state index contributed by atoms with van der Waals surface area (Å²) in [6.07, 6.45) is 5.71. The number of aryl methyl sites for hydroxylation is 1. The normalized spacial score (nSPS) is 32.4. The van der Waals surface area contributed by atoms with Gasteiger partial charge in [0.05, 0.1) is 11.1 Å². The summed E-state index contributed by atoms with van der Waals surface area (Å²) in [7, 11) is 0. The van der Waals surface area contributed by atoms with E-state index in [1.807, 2.05) is 0 Å². The maximum absolute atomic E-state index is 13.1. The Balaban J connectivity index is 1.50. The summed E-state index contributed by atoms with van der Waals surface area (Å²) in [6.45, 7) is 6.69. The zero-order valence-corrected chi connectivity index (χ0v) is 16.7. The second kappa shape index (κ2) is 6.32. The van der Waals surface area contributed by atoms with Gasteiger partial charge >= 0.3 is 5.97 Å². The molecule has 5 heteroatoms. The van der Waals surface area contributed by atoms with Gasteiger partial charge in [-0.1, -0.05) is 0 Å². The molecule has 1 atom stereocenters. The van der Waals surface area contributed by atoms with Crippen molar-refractivity contribution in [3.05, 3.63) is 22.5 Å². The molecule has 4 fully saturated rings. The Kier molecular flexibility index (Phi) is 4.32. The van der Waals surface area contributed by atoms with Crippen LogP contribution in [0.15, 0.2) is 0 Å². The van der Waals surface area contributed by atoms with Gasteiger partial charge in [0.25, 0.3) is 0 Å². The van der Waals surface area contributed by atoms with Gasteiger partial charge in [-0.3, -0.25) is 14.4 Å². The van der Waals surface area contributed by atoms with Crippen molar-refractivity contribution in [2.45, 2.75) is 72.3 Å². The number of H-pyrrole nitrogens is 1. The van der Waals surface area contributed by atoms with E-state index in [2.05, 4.69) is 4.98 Å². The average molecular weight is 371 g/mol. The molecule has 1 heterocycles. The van der Waals surface area contributed by atoms with Crippen LogP contribution in [0.5, 0.6) is 0 Å². The van der Waals surface area contributed by atoms with Crippen molar-refractivity contribution in [2.24, 2.45) is 23.2 Å². The highest BCUT2D eigenvalue weighted by Crippen LogP contribution is 2.60. The molecule has 0 aliphatic heterocycles. The summed E-state index contributed by atoms with van der Waals surface area (Å²) >= 11 is 0. The zero-order chi connectivity index (χ0) is 19.5. The minimum Gasteiger partial charge on any atom is -0.454 e. The van der Waals surface area contributed by atoms with Crippen molar-refractivity contribution < 1.29 is 19.1 Å². The summed E-state index contributed by atoms with van der Waals surface area (Å²) < 4.78 is 5.72. The Bertz CT molecular complexity index is 783. The van der Waals surface area contributed by atoms with Crippen LogP contribution >= 0.6 is 0 Å². The molecule has 1 aromatic heterocycles. The number of carbonyl (C=O) groups is 3. The Morgan fingerprint density at radius 3 is 2.00 bits per heavy atom. The van der Waals surface area contributed by atoms with Crippen LogP contribution in [0.4, 0.5) is 0 Å². The number of hydrogen-bond donors (Lipinski definition) is 1. The van der Waals surface area contributed by atoms with E-state index in [4.69, 9.17) is 4.74 Å². The van der Waals surface area contributed by atoms with Gasteiger partial charge in [-0.25, -0.2) is 0 Å². The third kappa shape index (κ3) is 2.95. The fourth-order valence-corrected chi connectivity index (χ4v) is 6.43. The molecule has 5 rings (SSSR count). The second-order valence-electron chi connectivity index (χ2n) is 9.29. The fraction of sp³-hybridized carbons (Fsp3) is 0.682. The third-order valence-corrected chi connectivity index (χ3v) is 7.16. The molecule has 4 aliphatic carbocycles. The zero-order valence-electron chi connectivity index (χ0n) is 16.7. The number of Topliss-reactive ketones (excluding diaryl/α,β-unsaturated/α-hetero) is 2. The number of carbonyl (C=O) groups excluding carboxylic acids is 3. The smallest absolute Gasteiger partial charge is 0.312 e. The van der Waals surface area contributed by atoms with Crippen molar-refractivity contribution in [3.8, 4) is 0 Å². The number of esters is 1. The number of nitrogens with one attached hydrogen (secondary N) is 1. The highest BCUT2D eigenvalue weighted by atomic mass is 16.5. The lowest BCUT2D eigenvalue weighted by atomic mass is 9.49. The van der Waals surface area contributed by atoms with E-state index in [9.17, 15) is 14.4 Å². The number of aromatic nitrogens is 1. The molecule has 1 N–H and O–H groups in total. The molecule has 0 aromatic carbocycles. The van der Waals surface area contributed by atoms with Crippen LogP contribution in [0.25, 0.3) is 0 Å². The Morgan fingerprint density at radius 2 is 1.56 bits per heavy atom. The number of aromatic amines is 1. The summed E-state index contributed by atoms with van der Waals surface area (Å²) in [6, 6.07) is 0.